The number of Topliss-reactive ketones (excluding diaryl/α,β-unsaturated/α-hetero) is 1. The molecule has 2 heterocycles. The maximum Gasteiger partial charge on any atom is 0.414 e. The number of hydrogen-bond acceptors (Lipinski definition) is 19. The average molecular weight is 897 g/mol. The van der Waals surface area contributed by atoms with Crippen LogP contribution in [0.2, 0.25) is 0 Å². The summed E-state index contributed by atoms with van der Waals surface area (Å²) >= 11 is 0. The van der Waals surface area contributed by atoms with Crippen LogP contribution in [0.5, 0.6) is 17.2 Å². The van der Waals surface area contributed by atoms with Crippen molar-refractivity contribution >= 4 is 41.2 Å². The number of fused-ring (bicyclic) bond motifs is 3. The van der Waals surface area contributed by atoms with Crippen molar-refractivity contribution in [1.29, 1.82) is 0 Å². The largest absolute Gasteiger partial charge is 0.507 e. The zero-order valence-corrected chi connectivity index (χ0v) is 34.1. The number of nitrogens with one attached hydrogen (secondary N) is 2. The summed E-state index contributed by atoms with van der Waals surface area (Å²) in [6.45, 7) is 2.28. The van der Waals surface area contributed by atoms with Crippen molar-refractivity contribution in [2.45, 2.75) is 107 Å². The molecule has 0 saturated carbocycles. The Labute approximate surface area is 361 Å². The van der Waals surface area contributed by atoms with Crippen LogP contribution >= 0.6 is 0 Å². The molecule has 2 aliphatic heterocycles. The number of amides is 2. The van der Waals surface area contributed by atoms with Gasteiger partial charge in [0.2, 0.25) is 12.1 Å². The fraction of sp³-hybridized carbons (Fsp3) is 0.429. The third kappa shape index (κ3) is 8.44. The number of aliphatic hydroxyl groups excluding tert-OH is 4. The number of carboxylic acid groups (broad SMARTS) is 1. The van der Waals surface area contributed by atoms with E-state index >= 15 is 0 Å². The van der Waals surface area contributed by atoms with Gasteiger partial charge in [0, 0.05) is 41.6 Å². The van der Waals surface area contributed by atoms with Crippen LogP contribution in [0.15, 0.2) is 42.5 Å². The number of alkyl carbamates (subject to hydrolysis) is 1. The number of ketones is 3. The van der Waals surface area contributed by atoms with Gasteiger partial charge < -0.3 is 74.6 Å². The van der Waals surface area contributed by atoms with Crippen LogP contribution in [-0.2, 0) is 46.3 Å². The fourth-order valence-electron chi connectivity index (χ4n) is 8.20. The number of methoxy groups -OCH3 is 1. The van der Waals surface area contributed by atoms with E-state index in [-0.39, 0.29) is 46.7 Å². The second-order valence-electron chi connectivity index (χ2n) is 15.8. The molecule has 7 rings (SSSR count). The van der Waals surface area contributed by atoms with E-state index in [0.717, 1.165) is 6.92 Å². The first-order valence-corrected chi connectivity index (χ1v) is 19.8. The lowest BCUT2D eigenvalue weighted by molar-refractivity contribution is -0.277. The Bertz CT molecular complexity index is 2390. The van der Waals surface area contributed by atoms with Gasteiger partial charge in [-0.1, -0.05) is 24.3 Å². The number of phenolic OH excluding ortho intramolecular Hbond substituents is 2. The molecule has 2 amide bonds. The number of ether oxygens (including phenoxy) is 6. The fourth-order valence-corrected chi connectivity index (χ4v) is 8.20. The number of rotatable bonds is 10. The molecule has 0 radical (unpaired) electrons. The Morgan fingerprint density at radius 2 is 1.55 bits per heavy atom. The highest BCUT2D eigenvalue weighted by Crippen LogP contribution is 2.52. The summed E-state index contributed by atoms with van der Waals surface area (Å²) in [6, 6.07) is 8.88. The van der Waals surface area contributed by atoms with Gasteiger partial charge in [-0.2, -0.15) is 0 Å². The van der Waals surface area contributed by atoms with E-state index in [9.17, 15) is 69.6 Å². The molecular weight excluding hydrogens is 852 g/mol. The van der Waals surface area contributed by atoms with Crippen LogP contribution in [0.25, 0.3) is 0 Å². The SMILES string of the molecule is COc1cccc2c1C(=O)c1c(O)c3c(c(O)c1C2=O)C[C@@](O)(C(C)=O)C[C@@H]3O[C@H]1C[C@H](NC(=O)OCc2ccc(NC(=O)O[C@@H]3O[C@H](C(=O)O)[C@@H](O)[C@H](O)[C@H]3O)cc2)[C@H](O)[C@H](C)O1. The molecule has 0 aromatic heterocycles. The highest BCUT2D eigenvalue weighted by molar-refractivity contribution is 6.31. The van der Waals surface area contributed by atoms with Gasteiger partial charge in [-0.15, -0.1) is 0 Å². The summed E-state index contributed by atoms with van der Waals surface area (Å²) in [7, 11) is 1.29. The molecule has 22 nitrogen and oxygen atoms in total. The second-order valence-corrected chi connectivity index (χ2v) is 15.8. The van der Waals surface area contributed by atoms with Crippen LogP contribution < -0.4 is 15.4 Å². The number of carbonyl (C=O) groups excluding carboxylic acids is 5. The van der Waals surface area contributed by atoms with E-state index in [1.807, 2.05) is 0 Å². The number of anilines is 1. The Morgan fingerprint density at radius 1 is 0.859 bits per heavy atom. The second kappa shape index (κ2) is 17.7. The summed E-state index contributed by atoms with van der Waals surface area (Å²) in [4.78, 5) is 77.3. The predicted octanol–water partition coefficient (Wildman–Crippen LogP) is 0.437. The highest BCUT2D eigenvalue weighted by atomic mass is 16.7. The lowest BCUT2D eigenvalue weighted by atomic mass is 9.72. The van der Waals surface area contributed by atoms with Gasteiger partial charge in [0.1, 0.15) is 53.9 Å². The first kappa shape index (κ1) is 45.8. The minimum atomic E-state index is -2.17. The summed E-state index contributed by atoms with van der Waals surface area (Å²) < 4.78 is 32.6. The summed E-state index contributed by atoms with van der Waals surface area (Å²) in [6.07, 6.45) is -18.4. The van der Waals surface area contributed by atoms with Crippen molar-refractivity contribution in [3.8, 4) is 17.2 Å². The zero-order chi connectivity index (χ0) is 46.5. The Balaban J connectivity index is 1.01. The molecule has 2 fully saturated rings. The van der Waals surface area contributed by atoms with Crippen molar-refractivity contribution in [2.75, 3.05) is 12.4 Å². The number of carbonyl (C=O) groups is 6. The van der Waals surface area contributed by atoms with Gasteiger partial charge >= 0.3 is 18.2 Å². The maximum atomic E-state index is 13.9. The van der Waals surface area contributed by atoms with Gasteiger partial charge in [-0.05, 0) is 37.6 Å². The molecule has 64 heavy (non-hydrogen) atoms. The molecule has 3 aromatic rings. The van der Waals surface area contributed by atoms with Crippen LogP contribution in [0.3, 0.4) is 0 Å². The summed E-state index contributed by atoms with van der Waals surface area (Å²) in [5.41, 5.74) is -3.30. The van der Waals surface area contributed by atoms with Crippen LogP contribution in [0.1, 0.15) is 81.3 Å². The molecule has 22 heteroatoms. The molecule has 3 aromatic carbocycles. The van der Waals surface area contributed by atoms with Crippen molar-refractivity contribution < 1.29 is 98.0 Å². The quantitative estimate of drug-likeness (QED) is 0.0965. The Hall–Kier alpha value is -6.24. The number of aromatic hydroxyl groups is 2. The number of benzene rings is 3. The number of hydrogen-bond donors (Lipinski definition) is 10. The highest BCUT2D eigenvalue weighted by Gasteiger charge is 2.51. The van der Waals surface area contributed by atoms with Crippen LogP contribution in [0, 0.1) is 0 Å². The number of phenols is 2. The van der Waals surface area contributed by atoms with E-state index in [1.54, 1.807) is 0 Å². The monoisotopic (exact) mass is 896 g/mol. The van der Waals surface area contributed by atoms with E-state index in [0.29, 0.717) is 5.56 Å². The zero-order valence-electron chi connectivity index (χ0n) is 34.1. The summed E-state index contributed by atoms with van der Waals surface area (Å²) in [5, 5.41) is 89.7. The molecule has 0 unspecified atom stereocenters. The van der Waals surface area contributed by atoms with E-state index < -0.39 is 138 Å². The Kier molecular flexibility index (Phi) is 12.7. The van der Waals surface area contributed by atoms with Gasteiger partial charge in [-0.25, -0.2) is 14.4 Å². The van der Waals surface area contributed by atoms with Crippen LogP contribution in [-0.4, -0.2) is 144 Å². The van der Waals surface area contributed by atoms with Gasteiger partial charge in [0.25, 0.3) is 0 Å². The molecule has 0 spiro atoms. The molecule has 2 aliphatic carbocycles. The lowest BCUT2D eigenvalue weighted by Crippen LogP contribution is -2.60. The number of aliphatic hydroxyl groups is 5. The first-order chi connectivity index (χ1) is 30.2. The smallest absolute Gasteiger partial charge is 0.414 e. The third-order valence-corrected chi connectivity index (χ3v) is 11.7. The Morgan fingerprint density at radius 3 is 2.20 bits per heavy atom. The molecule has 10 N–H and O–H groups in total. The summed E-state index contributed by atoms with van der Waals surface area (Å²) in [5.74, 6) is -5.46. The van der Waals surface area contributed by atoms with Crippen molar-refractivity contribution in [3.63, 3.8) is 0 Å². The van der Waals surface area contributed by atoms with E-state index in [2.05, 4.69) is 10.6 Å². The predicted molar refractivity (Wildman–Crippen MR) is 210 cm³/mol. The topological polar surface area (TPSA) is 344 Å². The maximum absolute atomic E-state index is 13.9. The molecule has 0 bridgehead atoms. The standard InChI is InChI=1S/C42H44N2O20/c1-15-29(46)21(44-40(56)60-14-17-7-9-18(10-8-17)43-41(57)64-39-36(53)34(51)35(52)37(63-39)38(54)55)11-24(61-15)62-23-13-42(58,16(2)45)12-20-26(23)33(50)28-27(31(20)48)30(47)19-5-4-6-22(59-3)25(19)32(28)49/h4-10,15,21,23-24,29,34-37,39,46,48,50-53,58H,11-14H2,1-3H3,(H,43,57)(H,44,56)(H,54,55)/t15-,21-,23-,24-,29+,34-,35-,36+,37-,39-,42-/m0/s1. The first-order valence-electron chi connectivity index (χ1n) is 19.8. The van der Waals surface area contributed by atoms with Gasteiger partial charge in [-0.3, -0.25) is 19.7 Å². The minimum absolute atomic E-state index is 0.0445. The molecule has 4 aliphatic rings. The van der Waals surface area contributed by atoms with Crippen molar-refractivity contribution in [2.24, 2.45) is 0 Å². The van der Waals surface area contributed by atoms with Crippen molar-refractivity contribution in [3.05, 3.63) is 81.4 Å². The molecule has 2 saturated heterocycles. The lowest BCUT2D eigenvalue weighted by Gasteiger charge is -2.42. The molecular formula is C42H44N2O20. The van der Waals surface area contributed by atoms with Crippen LogP contribution in [0.4, 0.5) is 15.3 Å². The average Bonchev–Trinajstić information content (AvgIpc) is 3.25. The minimum Gasteiger partial charge on any atom is -0.507 e. The van der Waals surface area contributed by atoms with Gasteiger partial charge in [0.05, 0.1) is 42.0 Å². The van der Waals surface area contributed by atoms with E-state index in [4.69, 9.17) is 28.4 Å². The van der Waals surface area contributed by atoms with E-state index in [1.165, 1.54) is 56.5 Å². The number of aliphatic carboxylic acids is 1. The number of carboxylic acids is 1. The molecule has 342 valence electrons. The normalized spacial score (nSPS) is 29.6. The van der Waals surface area contributed by atoms with Crippen molar-refractivity contribution in [1.82, 2.24) is 5.32 Å². The molecule has 11 atom stereocenters. The van der Waals surface area contributed by atoms with Gasteiger partial charge in [0.15, 0.2) is 24.0 Å². The third-order valence-electron chi connectivity index (χ3n) is 11.7.